The summed E-state index contributed by atoms with van der Waals surface area (Å²) >= 11 is 1.50. The molecule has 0 aliphatic heterocycles. The lowest BCUT2D eigenvalue weighted by Crippen LogP contribution is -2.33. The SMILES string of the molecule is CCN(C(=O)/C(=C\c1ccccc1)n1nnnc1C)c1nc2c(C)cccc2s1. The van der Waals surface area contributed by atoms with Crippen molar-refractivity contribution < 1.29 is 4.79 Å². The molecule has 0 aliphatic carbocycles. The van der Waals surface area contributed by atoms with Gasteiger partial charge in [0, 0.05) is 6.54 Å². The fraction of sp³-hybridized carbons (Fsp3) is 0.190. The molecule has 0 aliphatic rings. The number of hydrogen-bond acceptors (Lipinski definition) is 6. The molecule has 2 heterocycles. The number of anilines is 1. The van der Waals surface area contributed by atoms with Crippen molar-refractivity contribution in [1.82, 2.24) is 25.2 Å². The third-order valence-corrected chi connectivity index (χ3v) is 5.62. The first-order valence-corrected chi connectivity index (χ1v) is 10.1. The van der Waals surface area contributed by atoms with Gasteiger partial charge in [0.05, 0.1) is 10.2 Å². The maximum absolute atomic E-state index is 13.6. The Morgan fingerprint density at radius 1 is 1.14 bits per heavy atom. The first-order valence-electron chi connectivity index (χ1n) is 9.28. The molecule has 146 valence electrons. The lowest BCUT2D eigenvalue weighted by molar-refractivity contribution is -0.113. The zero-order chi connectivity index (χ0) is 20.4. The van der Waals surface area contributed by atoms with E-state index < -0.39 is 0 Å². The second kappa shape index (κ2) is 7.92. The molecule has 0 N–H and O–H groups in total. The summed E-state index contributed by atoms with van der Waals surface area (Å²) in [6.07, 6.45) is 1.80. The molecule has 0 atom stereocenters. The highest BCUT2D eigenvalue weighted by Crippen LogP contribution is 2.31. The smallest absolute Gasteiger partial charge is 0.278 e. The van der Waals surface area contributed by atoms with Crippen LogP contribution in [0.2, 0.25) is 0 Å². The molecule has 0 spiro atoms. The zero-order valence-electron chi connectivity index (χ0n) is 16.4. The van der Waals surface area contributed by atoms with E-state index >= 15 is 0 Å². The fourth-order valence-electron chi connectivity index (χ4n) is 3.07. The molecule has 0 bridgehead atoms. The van der Waals surface area contributed by atoms with Gasteiger partial charge in [-0.15, -0.1) is 5.10 Å². The number of amides is 1. The van der Waals surface area contributed by atoms with E-state index in [9.17, 15) is 4.79 Å². The Balaban J connectivity index is 1.80. The van der Waals surface area contributed by atoms with E-state index in [-0.39, 0.29) is 5.91 Å². The Bertz CT molecular complexity index is 1190. The van der Waals surface area contributed by atoms with Gasteiger partial charge in [0.25, 0.3) is 5.91 Å². The van der Waals surface area contributed by atoms with Gasteiger partial charge in [0.15, 0.2) is 11.0 Å². The van der Waals surface area contributed by atoms with Crippen LogP contribution in [0.15, 0.2) is 48.5 Å². The van der Waals surface area contributed by atoms with Crippen LogP contribution >= 0.6 is 11.3 Å². The average molecular weight is 404 g/mol. The molecule has 4 aromatic rings. The van der Waals surface area contributed by atoms with E-state index in [4.69, 9.17) is 4.98 Å². The van der Waals surface area contributed by atoms with Crippen molar-refractivity contribution in [2.75, 3.05) is 11.4 Å². The summed E-state index contributed by atoms with van der Waals surface area (Å²) in [7, 11) is 0. The second-order valence-electron chi connectivity index (χ2n) is 6.55. The predicted octanol–water partition coefficient (Wildman–Crippen LogP) is 3.95. The van der Waals surface area contributed by atoms with Crippen LogP contribution in [0, 0.1) is 13.8 Å². The number of hydrogen-bond donors (Lipinski definition) is 0. The molecule has 7 nitrogen and oxygen atoms in total. The number of tetrazole rings is 1. The fourth-order valence-corrected chi connectivity index (χ4v) is 4.17. The molecule has 4 rings (SSSR count). The Kier molecular flexibility index (Phi) is 5.18. The lowest BCUT2D eigenvalue weighted by Gasteiger charge is -2.19. The molecule has 0 unspecified atom stereocenters. The van der Waals surface area contributed by atoms with Crippen molar-refractivity contribution >= 4 is 44.4 Å². The number of carbonyl (C=O) groups excluding carboxylic acids is 1. The van der Waals surface area contributed by atoms with E-state index in [0.29, 0.717) is 23.2 Å². The molecule has 0 radical (unpaired) electrons. The van der Waals surface area contributed by atoms with Crippen LogP contribution in [-0.4, -0.2) is 37.6 Å². The minimum Gasteiger partial charge on any atom is -0.283 e. The van der Waals surface area contributed by atoms with E-state index in [1.54, 1.807) is 17.9 Å². The highest BCUT2D eigenvalue weighted by atomic mass is 32.1. The summed E-state index contributed by atoms with van der Waals surface area (Å²) in [5.74, 6) is 0.334. The number of para-hydroxylation sites is 1. The van der Waals surface area contributed by atoms with Gasteiger partial charge >= 0.3 is 0 Å². The zero-order valence-corrected chi connectivity index (χ0v) is 17.2. The van der Waals surface area contributed by atoms with Gasteiger partial charge in [-0.2, -0.15) is 4.68 Å². The maximum atomic E-state index is 13.6. The molecule has 8 heteroatoms. The third kappa shape index (κ3) is 3.66. The standard InChI is InChI=1S/C21H20N6OS/c1-4-26(21-22-19-14(2)9-8-12-18(19)29-21)20(28)17(27-15(3)23-24-25-27)13-16-10-6-5-7-11-16/h5-13H,4H2,1-3H3/b17-13+. The number of likely N-dealkylation sites (N-methyl/N-ethyl adjacent to an activating group) is 1. The highest BCUT2D eigenvalue weighted by Gasteiger charge is 2.25. The molecule has 29 heavy (non-hydrogen) atoms. The van der Waals surface area contributed by atoms with E-state index in [1.807, 2.05) is 62.4 Å². The molecule has 2 aromatic heterocycles. The first kappa shape index (κ1) is 18.9. The van der Waals surface area contributed by atoms with Crippen LogP contribution in [-0.2, 0) is 4.79 Å². The van der Waals surface area contributed by atoms with Crippen LogP contribution in [0.5, 0.6) is 0 Å². The van der Waals surface area contributed by atoms with Gasteiger partial charge < -0.3 is 0 Å². The Morgan fingerprint density at radius 2 is 1.93 bits per heavy atom. The maximum Gasteiger partial charge on any atom is 0.278 e. The summed E-state index contributed by atoms with van der Waals surface area (Å²) in [6.45, 7) is 6.20. The summed E-state index contributed by atoms with van der Waals surface area (Å²) in [5, 5.41) is 12.3. The molecule has 0 saturated heterocycles. The van der Waals surface area contributed by atoms with Crippen molar-refractivity contribution in [3.8, 4) is 0 Å². The topological polar surface area (TPSA) is 76.8 Å². The molecule has 0 saturated carbocycles. The van der Waals surface area contributed by atoms with Crippen molar-refractivity contribution in [2.45, 2.75) is 20.8 Å². The second-order valence-corrected chi connectivity index (χ2v) is 7.55. The van der Waals surface area contributed by atoms with Crippen molar-refractivity contribution in [3.63, 3.8) is 0 Å². The number of nitrogens with zero attached hydrogens (tertiary/aromatic N) is 6. The molecular weight excluding hydrogens is 384 g/mol. The Labute approximate surface area is 172 Å². The van der Waals surface area contributed by atoms with Crippen molar-refractivity contribution in [3.05, 3.63) is 65.5 Å². The molecular formula is C21H20N6OS. The number of aromatic nitrogens is 5. The van der Waals surface area contributed by atoms with Gasteiger partial charge in [-0.1, -0.05) is 53.8 Å². The van der Waals surface area contributed by atoms with Crippen LogP contribution < -0.4 is 4.90 Å². The Morgan fingerprint density at radius 3 is 2.59 bits per heavy atom. The van der Waals surface area contributed by atoms with E-state index in [0.717, 1.165) is 21.3 Å². The van der Waals surface area contributed by atoms with Gasteiger partial charge in [0.2, 0.25) is 0 Å². The van der Waals surface area contributed by atoms with Crippen LogP contribution in [0.25, 0.3) is 22.0 Å². The largest absolute Gasteiger partial charge is 0.283 e. The van der Waals surface area contributed by atoms with Crippen molar-refractivity contribution in [2.24, 2.45) is 0 Å². The average Bonchev–Trinajstić information content (AvgIpc) is 3.34. The summed E-state index contributed by atoms with van der Waals surface area (Å²) in [6, 6.07) is 15.7. The Hall–Kier alpha value is -3.39. The predicted molar refractivity (Wildman–Crippen MR) is 116 cm³/mol. The van der Waals surface area contributed by atoms with Gasteiger partial charge in [-0.05, 0) is 54.5 Å². The third-order valence-electron chi connectivity index (χ3n) is 4.58. The first-order chi connectivity index (χ1) is 14.1. The molecule has 1 amide bonds. The van der Waals surface area contributed by atoms with Gasteiger partial charge in [-0.25, -0.2) is 4.98 Å². The molecule has 0 fully saturated rings. The number of aryl methyl sites for hydroxylation is 2. The quantitative estimate of drug-likeness (QED) is 0.471. The van der Waals surface area contributed by atoms with Crippen LogP contribution in [0.1, 0.15) is 23.9 Å². The van der Waals surface area contributed by atoms with Gasteiger partial charge in [0.1, 0.15) is 5.70 Å². The molecule has 2 aromatic carbocycles. The number of fused-ring (bicyclic) bond motifs is 1. The normalized spacial score (nSPS) is 11.8. The number of benzene rings is 2. The summed E-state index contributed by atoms with van der Waals surface area (Å²) in [4.78, 5) is 20.0. The van der Waals surface area contributed by atoms with Crippen molar-refractivity contribution in [1.29, 1.82) is 0 Å². The van der Waals surface area contributed by atoms with Gasteiger partial charge in [-0.3, -0.25) is 9.69 Å². The van der Waals surface area contributed by atoms with Crippen LogP contribution in [0.3, 0.4) is 0 Å². The highest BCUT2D eigenvalue weighted by molar-refractivity contribution is 7.22. The number of carbonyl (C=O) groups is 1. The van der Waals surface area contributed by atoms with Crippen LogP contribution in [0.4, 0.5) is 5.13 Å². The number of rotatable bonds is 5. The summed E-state index contributed by atoms with van der Waals surface area (Å²) < 4.78 is 2.52. The number of thiazole rings is 1. The lowest BCUT2D eigenvalue weighted by atomic mass is 10.2. The monoisotopic (exact) mass is 404 g/mol. The van der Waals surface area contributed by atoms with E-state index in [2.05, 4.69) is 15.5 Å². The summed E-state index contributed by atoms with van der Waals surface area (Å²) in [5.41, 5.74) is 3.27. The minimum atomic E-state index is -0.205. The van der Waals surface area contributed by atoms with E-state index in [1.165, 1.54) is 16.0 Å². The minimum absolute atomic E-state index is 0.205.